The molecule has 0 saturated carbocycles. The molecule has 6 N–H and O–H groups in total. The first-order chi connectivity index (χ1) is 11.0. The van der Waals surface area contributed by atoms with Crippen LogP contribution in [-0.2, 0) is 20.2 Å². The summed E-state index contributed by atoms with van der Waals surface area (Å²) < 4.78 is 64.1. The molecule has 2 aromatic carbocycles. The molecule has 0 aliphatic carbocycles. The minimum Gasteiger partial charge on any atom is -0.399 e. The summed E-state index contributed by atoms with van der Waals surface area (Å²) in [5, 5.41) is 0. The van der Waals surface area contributed by atoms with Crippen molar-refractivity contribution in [3.05, 3.63) is 47.5 Å². The molecule has 25 heavy (non-hydrogen) atoms. The van der Waals surface area contributed by atoms with E-state index in [1.54, 1.807) is 0 Å². The molecule has 0 amide bonds. The molecule has 0 heterocycles. The van der Waals surface area contributed by atoms with Gasteiger partial charge in [0.1, 0.15) is 9.79 Å². The summed E-state index contributed by atoms with van der Waals surface area (Å²) in [6.45, 7) is 0. The number of rotatable bonds is 4. The first-order valence-corrected chi connectivity index (χ1v) is 9.28. The van der Waals surface area contributed by atoms with Crippen molar-refractivity contribution in [2.75, 3.05) is 11.5 Å². The Hall–Kier alpha value is -1.40. The van der Waals surface area contributed by atoms with Crippen molar-refractivity contribution in [2.24, 2.45) is 0 Å². The van der Waals surface area contributed by atoms with Crippen LogP contribution in [0.1, 0.15) is 11.1 Å². The number of anilines is 2. The minimum absolute atomic E-state index is 0. The molecule has 0 atom stereocenters. The third-order valence-electron chi connectivity index (χ3n) is 3.07. The van der Waals surface area contributed by atoms with Crippen molar-refractivity contribution in [2.45, 2.75) is 9.79 Å². The Kier molecular flexibility index (Phi) is 6.81. The molecule has 0 saturated heterocycles. The van der Waals surface area contributed by atoms with Gasteiger partial charge in [-0.3, -0.25) is 9.11 Å². The van der Waals surface area contributed by atoms with Gasteiger partial charge in [-0.2, -0.15) is 16.8 Å². The van der Waals surface area contributed by atoms with Crippen LogP contribution >= 0.6 is 0 Å². The largest absolute Gasteiger partial charge is 0.399 e. The van der Waals surface area contributed by atoms with E-state index >= 15 is 0 Å². The average molecular weight is 393 g/mol. The average Bonchev–Trinajstić information content (AvgIpc) is 2.45. The summed E-state index contributed by atoms with van der Waals surface area (Å²) >= 11 is 0. The van der Waals surface area contributed by atoms with Gasteiger partial charge in [-0.15, -0.1) is 0 Å². The van der Waals surface area contributed by atoms with Gasteiger partial charge in [0.2, 0.25) is 0 Å². The summed E-state index contributed by atoms with van der Waals surface area (Å²) in [6.07, 6.45) is 2.53. The fourth-order valence-electron chi connectivity index (χ4n) is 2.00. The number of nitrogen functional groups attached to an aromatic ring is 2. The molecule has 2 aromatic rings. The topological polar surface area (TPSA) is 161 Å². The molecule has 0 aromatic heterocycles. The Morgan fingerprint density at radius 1 is 0.720 bits per heavy atom. The maximum Gasteiger partial charge on any atom is 0.295 e. The van der Waals surface area contributed by atoms with E-state index in [0.717, 1.165) is 12.1 Å². The third-order valence-corrected chi connectivity index (χ3v) is 4.89. The van der Waals surface area contributed by atoms with E-state index in [1.807, 2.05) is 0 Å². The zero-order valence-corrected chi connectivity index (χ0v) is 16.8. The molecule has 0 aliphatic heterocycles. The molecule has 0 fully saturated rings. The van der Waals surface area contributed by atoms with Crippen LogP contribution in [0.3, 0.4) is 0 Å². The van der Waals surface area contributed by atoms with E-state index in [1.165, 1.54) is 36.4 Å². The Morgan fingerprint density at radius 2 is 1.04 bits per heavy atom. The third kappa shape index (κ3) is 5.54. The Morgan fingerprint density at radius 3 is 1.32 bits per heavy atom. The summed E-state index contributed by atoms with van der Waals surface area (Å²) in [5.74, 6) is 0. The normalized spacial score (nSPS) is 12.1. The molecule has 0 unspecified atom stereocenters. The van der Waals surface area contributed by atoms with E-state index in [4.69, 9.17) is 11.5 Å². The van der Waals surface area contributed by atoms with E-state index in [-0.39, 0.29) is 52.1 Å². The number of hydrogen-bond acceptors (Lipinski definition) is 6. The van der Waals surface area contributed by atoms with Crippen LogP contribution in [0.2, 0.25) is 0 Å². The monoisotopic (exact) mass is 393 g/mol. The van der Waals surface area contributed by atoms with Gasteiger partial charge in [0, 0.05) is 40.9 Å². The van der Waals surface area contributed by atoms with Gasteiger partial charge in [-0.05, 0) is 35.4 Å². The number of hydrogen-bond donors (Lipinski definition) is 4. The summed E-state index contributed by atoms with van der Waals surface area (Å²) in [7, 11) is -9.05. The molecule has 0 bridgehead atoms. The predicted octanol–water partition coefficient (Wildman–Crippen LogP) is 1.13. The van der Waals surface area contributed by atoms with Crippen LogP contribution in [0, 0.1) is 0 Å². The standard InChI is InChI=1S/C14H14N2O6S2.Na/c15-11-5-3-9(13(7-11)23(17,18)19)1-2-10-4-6-12(16)8-14(10)24(20,21)22;/h1-8H,15-16H2,(H,17,18,19)(H,20,21,22);/b2-1-;. The van der Waals surface area contributed by atoms with Crippen LogP contribution in [0.4, 0.5) is 11.4 Å². The van der Waals surface area contributed by atoms with Crippen molar-refractivity contribution >= 4 is 73.3 Å². The Balaban J connectivity index is 0.00000312. The molecule has 129 valence electrons. The smallest absolute Gasteiger partial charge is 0.295 e. The maximum atomic E-state index is 11.4. The molecule has 2 rings (SSSR count). The molecular weight excluding hydrogens is 379 g/mol. The second kappa shape index (κ2) is 7.87. The SMILES string of the molecule is Nc1ccc(/C=C\c2ccc(N)cc2S(=O)(=O)O)c(S(=O)(=O)O)c1.[Na]. The second-order valence-electron chi connectivity index (χ2n) is 4.88. The number of nitrogens with two attached hydrogens (primary N) is 2. The van der Waals surface area contributed by atoms with Crippen LogP contribution in [-0.4, -0.2) is 55.5 Å². The minimum atomic E-state index is -4.52. The van der Waals surface area contributed by atoms with Gasteiger partial charge in [0.05, 0.1) is 0 Å². The Labute approximate surface area is 167 Å². The fourth-order valence-corrected chi connectivity index (χ4v) is 3.44. The second-order valence-corrected chi connectivity index (χ2v) is 7.66. The van der Waals surface area contributed by atoms with Crippen LogP contribution < -0.4 is 11.5 Å². The quantitative estimate of drug-likeness (QED) is 0.260. The van der Waals surface area contributed by atoms with E-state index in [9.17, 15) is 25.9 Å². The zero-order valence-electron chi connectivity index (χ0n) is 13.1. The molecule has 0 spiro atoms. The molecule has 0 aliphatic rings. The van der Waals surface area contributed by atoms with Crippen LogP contribution in [0.5, 0.6) is 0 Å². The van der Waals surface area contributed by atoms with Gasteiger partial charge in [-0.1, -0.05) is 24.3 Å². The zero-order chi connectivity index (χ0) is 18.1. The predicted molar refractivity (Wildman–Crippen MR) is 96.0 cm³/mol. The van der Waals surface area contributed by atoms with Gasteiger partial charge in [0.25, 0.3) is 20.2 Å². The van der Waals surface area contributed by atoms with Crippen molar-refractivity contribution in [3.63, 3.8) is 0 Å². The maximum absolute atomic E-state index is 11.4. The van der Waals surface area contributed by atoms with Gasteiger partial charge < -0.3 is 11.5 Å². The fraction of sp³-hybridized carbons (Fsp3) is 0. The van der Waals surface area contributed by atoms with Gasteiger partial charge in [-0.25, -0.2) is 0 Å². The first kappa shape index (κ1) is 21.6. The molecule has 8 nitrogen and oxygen atoms in total. The summed E-state index contributed by atoms with van der Waals surface area (Å²) in [5.41, 5.74) is 11.4. The molecule has 11 heteroatoms. The molecule has 1 radical (unpaired) electrons. The van der Waals surface area contributed by atoms with Crippen molar-refractivity contribution in [3.8, 4) is 0 Å². The first-order valence-electron chi connectivity index (χ1n) is 6.40. The molecular formula is C14H14N2NaO6S2. The van der Waals surface area contributed by atoms with E-state index in [0.29, 0.717) is 0 Å². The van der Waals surface area contributed by atoms with Crippen LogP contribution in [0.15, 0.2) is 46.2 Å². The van der Waals surface area contributed by atoms with E-state index in [2.05, 4.69) is 0 Å². The number of benzene rings is 2. The summed E-state index contributed by atoms with van der Waals surface area (Å²) in [4.78, 5) is -0.856. The van der Waals surface area contributed by atoms with Crippen molar-refractivity contribution < 1.29 is 25.9 Å². The summed E-state index contributed by atoms with van der Waals surface area (Å²) in [6, 6.07) is 7.67. The van der Waals surface area contributed by atoms with Crippen molar-refractivity contribution in [1.82, 2.24) is 0 Å². The van der Waals surface area contributed by atoms with E-state index < -0.39 is 30.0 Å². The van der Waals surface area contributed by atoms with Crippen molar-refractivity contribution in [1.29, 1.82) is 0 Å². The van der Waals surface area contributed by atoms with Gasteiger partial charge >= 0.3 is 0 Å². The van der Waals surface area contributed by atoms with Gasteiger partial charge in [0.15, 0.2) is 0 Å². The van der Waals surface area contributed by atoms with Crippen LogP contribution in [0.25, 0.3) is 12.2 Å². The Bertz CT molecular complexity index is 950.